The first-order valence-corrected chi connectivity index (χ1v) is 8.57. The summed E-state index contributed by atoms with van der Waals surface area (Å²) < 4.78 is 4.76. The van der Waals surface area contributed by atoms with Crippen LogP contribution < -0.4 is 16.4 Å². The van der Waals surface area contributed by atoms with E-state index in [0.717, 1.165) is 16.5 Å². The van der Waals surface area contributed by atoms with Gasteiger partial charge in [0.05, 0.1) is 6.04 Å². The summed E-state index contributed by atoms with van der Waals surface area (Å²) in [6, 6.07) is 14.0. The molecule has 5 N–H and O–H groups in total. The molecule has 0 radical (unpaired) electrons. The van der Waals surface area contributed by atoms with Crippen molar-refractivity contribution in [2.24, 2.45) is 5.73 Å². The van der Waals surface area contributed by atoms with Gasteiger partial charge >= 0.3 is 0 Å². The van der Waals surface area contributed by atoms with E-state index >= 15 is 0 Å². The number of amides is 2. The van der Waals surface area contributed by atoms with Gasteiger partial charge < -0.3 is 26.1 Å². The van der Waals surface area contributed by atoms with Crippen molar-refractivity contribution < 1.29 is 14.3 Å². The number of H-pyrrole nitrogens is 1. The van der Waals surface area contributed by atoms with Crippen molar-refractivity contribution in [2.45, 2.75) is 12.5 Å². The zero-order chi connectivity index (χ0) is 19.2. The van der Waals surface area contributed by atoms with Gasteiger partial charge in [-0.2, -0.15) is 0 Å². The average Bonchev–Trinajstić information content (AvgIpc) is 3.06. The molecule has 0 spiro atoms. The largest absolute Gasteiger partial charge is 0.375 e. The first-order chi connectivity index (χ1) is 13.1. The Morgan fingerprint density at radius 3 is 2.44 bits per heavy atom. The van der Waals surface area contributed by atoms with Crippen LogP contribution in [0.5, 0.6) is 0 Å². The van der Waals surface area contributed by atoms with Gasteiger partial charge in [-0.3, -0.25) is 9.59 Å². The van der Waals surface area contributed by atoms with E-state index in [2.05, 4.69) is 15.6 Å². The zero-order valence-corrected chi connectivity index (χ0v) is 15.0. The molecule has 3 aromatic rings. The summed E-state index contributed by atoms with van der Waals surface area (Å²) in [4.78, 5) is 27.1. The molecule has 0 unspecified atom stereocenters. The Bertz CT molecular complexity index is 934. The van der Waals surface area contributed by atoms with Gasteiger partial charge in [-0.15, -0.1) is 0 Å². The Kier molecular flexibility index (Phi) is 5.85. The highest BCUT2D eigenvalue weighted by Gasteiger charge is 2.16. The van der Waals surface area contributed by atoms with E-state index in [4.69, 9.17) is 10.5 Å². The van der Waals surface area contributed by atoms with Gasteiger partial charge in [0.1, 0.15) is 6.61 Å². The number of rotatable bonds is 7. The number of ether oxygens (including phenoxy) is 1. The third-order valence-electron chi connectivity index (χ3n) is 4.16. The van der Waals surface area contributed by atoms with E-state index in [1.807, 2.05) is 30.5 Å². The van der Waals surface area contributed by atoms with Crippen LogP contribution in [0, 0.1) is 0 Å². The predicted octanol–water partition coefficient (Wildman–Crippen LogP) is 2.26. The molecule has 0 saturated carbocycles. The highest BCUT2D eigenvalue weighted by molar-refractivity contribution is 5.96. The van der Waals surface area contributed by atoms with Gasteiger partial charge in [0.15, 0.2) is 0 Å². The molecule has 0 fully saturated rings. The molecule has 2 amide bonds. The lowest BCUT2D eigenvalue weighted by atomic mass is 10.0. The van der Waals surface area contributed by atoms with Crippen LogP contribution in [0.4, 0.5) is 11.4 Å². The molecule has 27 heavy (non-hydrogen) atoms. The van der Waals surface area contributed by atoms with Crippen molar-refractivity contribution in [3.8, 4) is 0 Å². The summed E-state index contributed by atoms with van der Waals surface area (Å²) in [6.07, 6.45) is 2.32. The lowest BCUT2D eigenvalue weighted by Gasteiger charge is -2.12. The minimum Gasteiger partial charge on any atom is -0.375 e. The third-order valence-corrected chi connectivity index (χ3v) is 4.16. The van der Waals surface area contributed by atoms with Gasteiger partial charge in [-0.25, -0.2) is 0 Å². The molecular weight excluding hydrogens is 344 g/mol. The lowest BCUT2D eigenvalue weighted by Crippen LogP contribution is -2.37. The third kappa shape index (κ3) is 4.72. The van der Waals surface area contributed by atoms with Crippen LogP contribution in [0.25, 0.3) is 10.9 Å². The average molecular weight is 366 g/mol. The van der Waals surface area contributed by atoms with E-state index in [1.54, 1.807) is 24.3 Å². The number of fused-ring (bicyclic) bond motifs is 1. The van der Waals surface area contributed by atoms with E-state index in [0.29, 0.717) is 17.8 Å². The summed E-state index contributed by atoms with van der Waals surface area (Å²) >= 11 is 0. The van der Waals surface area contributed by atoms with Gasteiger partial charge in [0.2, 0.25) is 11.8 Å². The molecule has 7 heteroatoms. The molecule has 1 atom stereocenters. The summed E-state index contributed by atoms with van der Waals surface area (Å²) in [5.41, 5.74) is 9.34. The fraction of sp³-hybridized carbons (Fsp3) is 0.200. The molecule has 0 aliphatic rings. The maximum absolute atomic E-state index is 12.4. The number of hydrogen-bond donors (Lipinski definition) is 4. The second-order valence-corrected chi connectivity index (χ2v) is 6.22. The second kappa shape index (κ2) is 8.48. The molecule has 0 bridgehead atoms. The van der Waals surface area contributed by atoms with Gasteiger partial charge in [0, 0.05) is 35.6 Å². The highest BCUT2D eigenvalue weighted by Crippen LogP contribution is 2.19. The molecule has 3 rings (SSSR count). The zero-order valence-electron chi connectivity index (χ0n) is 15.0. The van der Waals surface area contributed by atoms with Crippen LogP contribution in [0.1, 0.15) is 5.56 Å². The Morgan fingerprint density at radius 1 is 1.07 bits per heavy atom. The quantitative estimate of drug-likeness (QED) is 0.514. The topological polar surface area (TPSA) is 109 Å². The van der Waals surface area contributed by atoms with Crippen molar-refractivity contribution >= 4 is 34.1 Å². The molecule has 140 valence electrons. The number of aromatic amines is 1. The molecule has 7 nitrogen and oxygen atoms in total. The summed E-state index contributed by atoms with van der Waals surface area (Å²) in [5, 5.41) is 6.55. The number of aromatic nitrogens is 1. The number of methoxy groups -OCH3 is 1. The van der Waals surface area contributed by atoms with Crippen LogP contribution in [0.2, 0.25) is 0 Å². The molecule has 1 heterocycles. The molecule has 2 aromatic carbocycles. The fourth-order valence-corrected chi connectivity index (χ4v) is 2.83. The fourth-order valence-electron chi connectivity index (χ4n) is 2.83. The number of benzene rings is 2. The van der Waals surface area contributed by atoms with E-state index < -0.39 is 6.04 Å². The standard InChI is InChI=1S/C20H22N4O3/c1-27-12-19(25)23-14-6-8-15(9-7-14)24-20(26)17(21)10-13-11-22-18-5-3-2-4-16(13)18/h2-9,11,17,22H,10,12,21H2,1H3,(H,23,25)(H,24,26)/t17-/m0/s1. The van der Waals surface area contributed by atoms with E-state index in [1.165, 1.54) is 7.11 Å². The summed E-state index contributed by atoms with van der Waals surface area (Å²) in [7, 11) is 1.46. The maximum atomic E-state index is 12.4. The van der Waals surface area contributed by atoms with Crippen molar-refractivity contribution in [3.63, 3.8) is 0 Å². The normalized spacial score (nSPS) is 11.9. The minimum absolute atomic E-state index is 0.0127. The molecule has 0 aliphatic carbocycles. The Morgan fingerprint density at radius 2 is 1.74 bits per heavy atom. The molecule has 0 aliphatic heterocycles. The van der Waals surface area contributed by atoms with Crippen LogP contribution >= 0.6 is 0 Å². The van der Waals surface area contributed by atoms with Crippen molar-refractivity contribution in [1.82, 2.24) is 4.98 Å². The van der Waals surface area contributed by atoms with Crippen molar-refractivity contribution in [1.29, 1.82) is 0 Å². The van der Waals surface area contributed by atoms with Crippen molar-refractivity contribution in [3.05, 3.63) is 60.3 Å². The van der Waals surface area contributed by atoms with Crippen LogP contribution in [-0.2, 0) is 20.7 Å². The van der Waals surface area contributed by atoms with Gasteiger partial charge in [0.25, 0.3) is 0 Å². The summed E-state index contributed by atoms with van der Waals surface area (Å²) in [6.45, 7) is -0.0127. The first-order valence-electron chi connectivity index (χ1n) is 8.57. The first kappa shape index (κ1) is 18.6. The molecular formula is C20H22N4O3. The van der Waals surface area contributed by atoms with E-state index in [-0.39, 0.29) is 18.4 Å². The SMILES string of the molecule is COCC(=O)Nc1ccc(NC(=O)[C@@H](N)Cc2c[nH]c3ccccc23)cc1. The van der Waals surface area contributed by atoms with Crippen molar-refractivity contribution in [2.75, 3.05) is 24.4 Å². The molecule has 1 aromatic heterocycles. The number of nitrogens with two attached hydrogens (primary N) is 1. The second-order valence-electron chi connectivity index (χ2n) is 6.22. The van der Waals surface area contributed by atoms with Crippen LogP contribution in [-0.4, -0.2) is 36.6 Å². The highest BCUT2D eigenvalue weighted by atomic mass is 16.5. The summed E-state index contributed by atoms with van der Waals surface area (Å²) in [5.74, 6) is -0.508. The van der Waals surface area contributed by atoms with Gasteiger partial charge in [-0.1, -0.05) is 18.2 Å². The minimum atomic E-state index is -0.676. The monoisotopic (exact) mass is 366 g/mol. The van der Waals surface area contributed by atoms with Gasteiger partial charge in [-0.05, 0) is 42.3 Å². The number of anilines is 2. The van der Waals surface area contributed by atoms with E-state index in [9.17, 15) is 9.59 Å². The van der Waals surface area contributed by atoms with Crippen LogP contribution in [0.15, 0.2) is 54.7 Å². The molecule has 0 saturated heterocycles. The lowest BCUT2D eigenvalue weighted by molar-refractivity contribution is -0.119. The smallest absolute Gasteiger partial charge is 0.250 e. The number of para-hydroxylation sites is 1. The Hall–Kier alpha value is -3.16. The van der Waals surface area contributed by atoms with Crippen LogP contribution in [0.3, 0.4) is 0 Å². The Balaban J connectivity index is 1.58. The number of hydrogen-bond acceptors (Lipinski definition) is 4. The Labute approximate surface area is 156 Å². The number of carbonyl (C=O) groups is 2. The maximum Gasteiger partial charge on any atom is 0.250 e. The number of carbonyl (C=O) groups excluding carboxylic acids is 2. The predicted molar refractivity (Wildman–Crippen MR) is 106 cm³/mol. The number of nitrogens with one attached hydrogen (secondary N) is 3.